The molecule has 2 N–H and O–H groups in total. The summed E-state index contributed by atoms with van der Waals surface area (Å²) in [6.45, 7) is 5.18. The van der Waals surface area contributed by atoms with Gasteiger partial charge in [0.25, 0.3) is 0 Å². The third-order valence-corrected chi connectivity index (χ3v) is 4.49. The molecule has 3 nitrogen and oxygen atoms in total. The van der Waals surface area contributed by atoms with Gasteiger partial charge in [-0.05, 0) is 37.3 Å². The Kier molecular flexibility index (Phi) is 3.87. The van der Waals surface area contributed by atoms with Crippen LogP contribution in [0.1, 0.15) is 36.9 Å². The molecule has 1 aromatic rings. The van der Waals surface area contributed by atoms with Crippen molar-refractivity contribution in [3.05, 3.63) is 35.4 Å². The van der Waals surface area contributed by atoms with Crippen molar-refractivity contribution in [3.63, 3.8) is 0 Å². The molecule has 0 aromatic heterocycles. The smallest absolute Gasteiger partial charge is 0.0674 e. The van der Waals surface area contributed by atoms with Crippen molar-refractivity contribution in [2.75, 3.05) is 19.7 Å². The zero-order chi connectivity index (χ0) is 13.2. The van der Waals surface area contributed by atoms with Crippen LogP contribution in [-0.4, -0.2) is 36.7 Å². The summed E-state index contributed by atoms with van der Waals surface area (Å²) >= 11 is 0. The number of hydrogen-bond acceptors (Lipinski definition) is 3. The van der Waals surface area contributed by atoms with Gasteiger partial charge in [0.1, 0.15) is 0 Å². The molecule has 3 heteroatoms. The van der Waals surface area contributed by atoms with E-state index in [1.165, 1.54) is 17.5 Å². The number of nitrogens with two attached hydrogens (primary N) is 1. The zero-order valence-corrected chi connectivity index (χ0v) is 11.7. The van der Waals surface area contributed by atoms with Crippen molar-refractivity contribution in [2.45, 2.75) is 44.4 Å². The lowest BCUT2D eigenvalue weighted by atomic mass is 9.83. The van der Waals surface area contributed by atoms with Gasteiger partial charge in [0.2, 0.25) is 0 Å². The Hall–Kier alpha value is -0.900. The van der Waals surface area contributed by atoms with Crippen molar-refractivity contribution in [1.82, 2.24) is 4.90 Å². The summed E-state index contributed by atoms with van der Waals surface area (Å²) in [5, 5.41) is 0. The highest BCUT2D eigenvalue weighted by Crippen LogP contribution is 2.32. The first-order chi connectivity index (χ1) is 9.25. The summed E-state index contributed by atoms with van der Waals surface area (Å²) in [5.74, 6) is 0. The molecule has 0 amide bonds. The fourth-order valence-corrected chi connectivity index (χ4v) is 3.51. The lowest BCUT2D eigenvalue weighted by Gasteiger charge is -2.39. The molecule has 1 heterocycles. The molecule has 1 aliphatic carbocycles. The fourth-order valence-electron chi connectivity index (χ4n) is 3.51. The molecular formula is C16H24N2O. The van der Waals surface area contributed by atoms with Gasteiger partial charge in [0.15, 0.2) is 0 Å². The van der Waals surface area contributed by atoms with Crippen molar-refractivity contribution < 1.29 is 4.74 Å². The summed E-state index contributed by atoms with van der Waals surface area (Å²) in [6, 6.07) is 9.27. The Bertz CT molecular complexity index is 435. The quantitative estimate of drug-likeness (QED) is 0.840. The van der Waals surface area contributed by atoms with Crippen LogP contribution in [0.2, 0.25) is 0 Å². The molecule has 1 aromatic carbocycles. The van der Waals surface area contributed by atoms with Gasteiger partial charge in [-0.1, -0.05) is 24.3 Å². The summed E-state index contributed by atoms with van der Waals surface area (Å²) < 4.78 is 5.75. The minimum absolute atomic E-state index is 0.148. The fraction of sp³-hybridized carbons (Fsp3) is 0.625. The molecule has 3 atom stereocenters. The van der Waals surface area contributed by atoms with E-state index in [1.807, 2.05) is 0 Å². The Morgan fingerprint density at radius 2 is 2.16 bits per heavy atom. The van der Waals surface area contributed by atoms with Gasteiger partial charge in [-0.25, -0.2) is 0 Å². The van der Waals surface area contributed by atoms with Crippen molar-refractivity contribution in [3.8, 4) is 0 Å². The van der Waals surface area contributed by atoms with Crippen LogP contribution in [-0.2, 0) is 11.2 Å². The molecule has 0 saturated carbocycles. The predicted molar refractivity (Wildman–Crippen MR) is 77.1 cm³/mol. The monoisotopic (exact) mass is 260 g/mol. The van der Waals surface area contributed by atoms with Gasteiger partial charge < -0.3 is 10.5 Å². The second-order valence-corrected chi connectivity index (χ2v) is 5.86. The van der Waals surface area contributed by atoms with Gasteiger partial charge in [-0.2, -0.15) is 0 Å². The lowest BCUT2D eigenvalue weighted by molar-refractivity contribution is 0.0557. The largest absolute Gasteiger partial charge is 0.377 e. The number of ether oxygens (including phenoxy) is 1. The second-order valence-electron chi connectivity index (χ2n) is 5.86. The first-order valence-electron chi connectivity index (χ1n) is 7.45. The van der Waals surface area contributed by atoms with E-state index in [4.69, 9.17) is 10.5 Å². The third-order valence-electron chi connectivity index (χ3n) is 4.49. The van der Waals surface area contributed by atoms with E-state index in [0.29, 0.717) is 12.1 Å². The number of rotatable bonds is 1. The minimum Gasteiger partial charge on any atom is -0.377 e. The molecule has 3 rings (SSSR count). The van der Waals surface area contributed by atoms with Crippen molar-refractivity contribution in [2.24, 2.45) is 5.73 Å². The summed E-state index contributed by atoms with van der Waals surface area (Å²) in [7, 11) is 0. The van der Waals surface area contributed by atoms with E-state index in [9.17, 15) is 0 Å². The third kappa shape index (κ3) is 2.69. The maximum atomic E-state index is 6.54. The van der Waals surface area contributed by atoms with E-state index in [2.05, 4.69) is 36.1 Å². The number of hydrogen-bond donors (Lipinski definition) is 1. The molecule has 0 spiro atoms. The molecule has 3 unspecified atom stereocenters. The molecule has 0 radical (unpaired) electrons. The molecule has 1 fully saturated rings. The SMILES string of the molecule is CC1CN(C2CCc3ccccc3C2N)CCCO1. The highest BCUT2D eigenvalue weighted by Gasteiger charge is 2.32. The normalized spacial score (nSPS) is 32.6. The number of benzene rings is 1. The summed E-state index contributed by atoms with van der Waals surface area (Å²) in [5.41, 5.74) is 9.31. The van der Waals surface area contributed by atoms with Crippen LogP contribution in [0.5, 0.6) is 0 Å². The maximum absolute atomic E-state index is 6.54. The average Bonchev–Trinajstić information content (AvgIpc) is 2.64. The van der Waals surface area contributed by atoms with Gasteiger partial charge in [-0.15, -0.1) is 0 Å². The van der Waals surface area contributed by atoms with Crippen LogP contribution in [0.4, 0.5) is 0 Å². The predicted octanol–water partition coefficient (Wildman–Crippen LogP) is 2.11. The van der Waals surface area contributed by atoms with Crippen LogP contribution < -0.4 is 5.73 Å². The van der Waals surface area contributed by atoms with Crippen LogP contribution in [0.3, 0.4) is 0 Å². The molecule has 0 bridgehead atoms. The Labute approximate surface area is 115 Å². The highest BCUT2D eigenvalue weighted by atomic mass is 16.5. The molecular weight excluding hydrogens is 236 g/mol. The van der Waals surface area contributed by atoms with Crippen molar-refractivity contribution >= 4 is 0 Å². The second kappa shape index (κ2) is 5.61. The van der Waals surface area contributed by atoms with Gasteiger partial charge >= 0.3 is 0 Å². The summed E-state index contributed by atoms with van der Waals surface area (Å²) in [6.07, 6.45) is 3.77. The first kappa shape index (κ1) is 13.1. The Balaban J connectivity index is 1.79. The molecule has 1 saturated heterocycles. The van der Waals surface area contributed by atoms with Crippen molar-refractivity contribution in [1.29, 1.82) is 0 Å². The standard InChI is InChI=1S/C16H24N2O/c1-12-11-18(9-4-10-19-12)15-8-7-13-5-2-3-6-14(13)16(15)17/h2-3,5-6,12,15-16H,4,7-11,17H2,1H3. The first-order valence-corrected chi connectivity index (χ1v) is 7.45. The molecule has 104 valence electrons. The Morgan fingerprint density at radius 1 is 1.32 bits per heavy atom. The Morgan fingerprint density at radius 3 is 3.05 bits per heavy atom. The van der Waals surface area contributed by atoms with E-state index >= 15 is 0 Å². The number of nitrogens with zero attached hydrogens (tertiary/aromatic N) is 1. The highest BCUT2D eigenvalue weighted by molar-refractivity contribution is 5.33. The van der Waals surface area contributed by atoms with Crippen LogP contribution >= 0.6 is 0 Å². The van der Waals surface area contributed by atoms with Gasteiger partial charge in [0, 0.05) is 31.8 Å². The number of aryl methyl sites for hydroxylation is 1. The van der Waals surface area contributed by atoms with E-state index < -0.39 is 0 Å². The maximum Gasteiger partial charge on any atom is 0.0674 e. The lowest BCUT2D eigenvalue weighted by Crippen LogP contribution is -2.47. The molecule has 1 aliphatic heterocycles. The van der Waals surface area contributed by atoms with Gasteiger partial charge in [0.05, 0.1) is 6.10 Å². The van der Waals surface area contributed by atoms with Crippen LogP contribution in [0, 0.1) is 0 Å². The average molecular weight is 260 g/mol. The van der Waals surface area contributed by atoms with Crippen LogP contribution in [0.25, 0.3) is 0 Å². The van der Waals surface area contributed by atoms with Crippen LogP contribution in [0.15, 0.2) is 24.3 Å². The summed E-state index contributed by atoms with van der Waals surface area (Å²) in [4.78, 5) is 2.55. The molecule has 19 heavy (non-hydrogen) atoms. The van der Waals surface area contributed by atoms with E-state index in [1.54, 1.807) is 0 Å². The number of fused-ring (bicyclic) bond motifs is 1. The molecule has 2 aliphatic rings. The minimum atomic E-state index is 0.148. The zero-order valence-electron chi connectivity index (χ0n) is 11.7. The van der Waals surface area contributed by atoms with E-state index in [0.717, 1.165) is 32.5 Å². The topological polar surface area (TPSA) is 38.5 Å². The van der Waals surface area contributed by atoms with E-state index in [-0.39, 0.29) is 6.04 Å². The van der Waals surface area contributed by atoms with Gasteiger partial charge in [-0.3, -0.25) is 4.90 Å².